The van der Waals surface area contributed by atoms with E-state index in [9.17, 15) is 14.7 Å². The summed E-state index contributed by atoms with van der Waals surface area (Å²) in [4.78, 5) is 25.5. The van der Waals surface area contributed by atoms with Crippen LogP contribution in [0.4, 0.5) is 0 Å². The van der Waals surface area contributed by atoms with E-state index in [1.807, 2.05) is 0 Å². The van der Waals surface area contributed by atoms with Gasteiger partial charge >= 0.3 is 11.3 Å². The fraction of sp³-hybridized carbons (Fsp3) is 0.182. The lowest BCUT2D eigenvalue weighted by Crippen LogP contribution is -2.19. The summed E-state index contributed by atoms with van der Waals surface area (Å²) in [6.45, 7) is 3.52. The van der Waals surface area contributed by atoms with Crippen LogP contribution in [0.25, 0.3) is 21.9 Å². The lowest BCUT2D eigenvalue weighted by molar-refractivity contribution is 0.340. The van der Waals surface area contributed by atoms with E-state index in [0.717, 1.165) is 5.56 Å². The van der Waals surface area contributed by atoms with Gasteiger partial charge in [-0.2, -0.15) is 0 Å². The van der Waals surface area contributed by atoms with Crippen LogP contribution < -0.4 is 16.0 Å². The van der Waals surface area contributed by atoms with E-state index in [1.165, 1.54) is 6.07 Å². The van der Waals surface area contributed by atoms with Gasteiger partial charge in [0.05, 0.1) is 34.4 Å². The summed E-state index contributed by atoms with van der Waals surface area (Å²) in [6, 6.07) is 6.41. The largest absolute Gasteiger partial charge is 0.507 e. The minimum atomic E-state index is -0.860. The van der Waals surface area contributed by atoms with Crippen molar-refractivity contribution in [2.75, 3.05) is 6.61 Å². The molecule has 1 unspecified atom stereocenters. The maximum atomic E-state index is 12.8. The summed E-state index contributed by atoms with van der Waals surface area (Å²) < 4.78 is 16.7. The first kappa shape index (κ1) is 19.0. The van der Waals surface area contributed by atoms with Gasteiger partial charge in [-0.15, -0.1) is 0 Å². The molecule has 0 aliphatic carbocycles. The van der Waals surface area contributed by atoms with Crippen molar-refractivity contribution >= 4 is 45.1 Å². The first-order valence-electron chi connectivity index (χ1n) is 9.11. The Kier molecular flexibility index (Phi) is 4.14. The highest BCUT2D eigenvalue weighted by atomic mass is 35.5. The Hall–Kier alpha value is -2.96. The molecule has 1 N–H and O–H groups in total. The van der Waals surface area contributed by atoms with E-state index >= 15 is 0 Å². The zero-order chi connectivity index (χ0) is 21.3. The molecule has 5 rings (SSSR count). The van der Waals surface area contributed by atoms with Crippen molar-refractivity contribution < 1.29 is 18.7 Å². The molecule has 0 amide bonds. The van der Waals surface area contributed by atoms with Crippen molar-refractivity contribution in [2.45, 2.75) is 19.8 Å². The molecule has 2 aromatic heterocycles. The summed E-state index contributed by atoms with van der Waals surface area (Å²) in [5.41, 5.74) is 0.643. The van der Waals surface area contributed by atoms with Crippen LogP contribution >= 0.6 is 23.2 Å². The average Bonchev–Trinajstić information content (AvgIpc) is 3.11. The Morgan fingerprint density at radius 2 is 1.40 bits per heavy atom. The maximum absolute atomic E-state index is 12.8. The van der Waals surface area contributed by atoms with Crippen LogP contribution in [0.2, 0.25) is 10.0 Å². The highest BCUT2D eigenvalue weighted by molar-refractivity contribution is 6.32. The zero-order valence-electron chi connectivity index (χ0n) is 15.8. The molecule has 0 spiro atoms. The van der Waals surface area contributed by atoms with Crippen molar-refractivity contribution in [1.82, 2.24) is 0 Å². The molecule has 6 nitrogen and oxygen atoms in total. The molecule has 0 fully saturated rings. The average molecular weight is 445 g/mol. The van der Waals surface area contributed by atoms with Gasteiger partial charge in [0.15, 0.2) is 0 Å². The second kappa shape index (κ2) is 6.52. The minimum Gasteiger partial charge on any atom is -0.507 e. The van der Waals surface area contributed by atoms with E-state index in [1.54, 1.807) is 32.0 Å². The van der Waals surface area contributed by atoms with Crippen LogP contribution in [0.3, 0.4) is 0 Å². The number of rotatable bonds is 1. The van der Waals surface area contributed by atoms with Crippen molar-refractivity contribution in [1.29, 1.82) is 0 Å². The van der Waals surface area contributed by atoms with Crippen molar-refractivity contribution in [3.63, 3.8) is 0 Å². The van der Waals surface area contributed by atoms with Gasteiger partial charge in [0, 0.05) is 10.0 Å². The lowest BCUT2D eigenvalue weighted by atomic mass is 9.93. The van der Waals surface area contributed by atoms with Crippen LogP contribution in [0.5, 0.6) is 11.5 Å². The van der Waals surface area contributed by atoms with Crippen molar-refractivity contribution in [2.24, 2.45) is 0 Å². The normalized spacial score (nSPS) is 15.5. The van der Waals surface area contributed by atoms with E-state index in [2.05, 4.69) is 0 Å². The Morgan fingerprint density at radius 3 is 2.03 bits per heavy atom. The molecule has 0 radical (unpaired) electrons. The molecule has 30 heavy (non-hydrogen) atoms. The Labute approximate surface area is 179 Å². The number of halogens is 2. The van der Waals surface area contributed by atoms with Crippen molar-refractivity contribution in [3.05, 3.63) is 77.4 Å². The Balaban J connectivity index is 1.79. The van der Waals surface area contributed by atoms with Crippen LogP contribution in [0, 0.1) is 13.8 Å². The van der Waals surface area contributed by atoms with Gasteiger partial charge in [0.25, 0.3) is 0 Å². The molecule has 8 heteroatoms. The predicted octanol–water partition coefficient (Wildman–Crippen LogP) is 5.05. The van der Waals surface area contributed by atoms with E-state index < -0.39 is 17.2 Å². The molecule has 3 heterocycles. The summed E-state index contributed by atoms with van der Waals surface area (Å²) in [7, 11) is 0. The van der Waals surface area contributed by atoms with E-state index in [0.29, 0.717) is 26.6 Å². The van der Waals surface area contributed by atoms with Gasteiger partial charge in [-0.25, -0.2) is 9.59 Å². The smallest absolute Gasteiger partial charge is 0.344 e. The van der Waals surface area contributed by atoms with E-state index in [4.69, 9.17) is 36.8 Å². The number of benzene rings is 2. The molecular weight excluding hydrogens is 431 g/mol. The van der Waals surface area contributed by atoms with Crippen LogP contribution in [-0.4, -0.2) is 11.7 Å². The molecule has 0 saturated heterocycles. The third-order valence-corrected chi connectivity index (χ3v) is 6.27. The molecule has 1 aliphatic heterocycles. The predicted molar refractivity (Wildman–Crippen MR) is 113 cm³/mol. The lowest BCUT2D eigenvalue weighted by Gasteiger charge is -2.12. The minimum absolute atomic E-state index is 0.0336. The van der Waals surface area contributed by atoms with Crippen LogP contribution in [0.15, 0.2) is 42.7 Å². The number of ether oxygens (including phenoxy) is 1. The molecule has 1 aliphatic rings. The van der Waals surface area contributed by atoms with Gasteiger partial charge in [-0.3, -0.25) is 0 Å². The topological polar surface area (TPSA) is 89.9 Å². The van der Waals surface area contributed by atoms with Gasteiger partial charge in [-0.05, 0) is 49.2 Å². The van der Waals surface area contributed by atoms with Gasteiger partial charge in [0.1, 0.15) is 22.7 Å². The zero-order valence-corrected chi connectivity index (χ0v) is 17.4. The van der Waals surface area contributed by atoms with Crippen molar-refractivity contribution in [3.8, 4) is 11.5 Å². The third-order valence-electron chi connectivity index (χ3n) is 5.46. The van der Waals surface area contributed by atoms with Crippen LogP contribution in [0.1, 0.15) is 28.2 Å². The summed E-state index contributed by atoms with van der Waals surface area (Å²) in [5.74, 6) is -0.874. The number of hydrogen-bond acceptors (Lipinski definition) is 6. The molecule has 1 atom stereocenters. The van der Waals surface area contributed by atoms with Crippen LogP contribution in [-0.2, 0) is 0 Å². The number of aryl methyl sites for hydroxylation is 2. The highest BCUT2D eigenvalue weighted by Crippen LogP contribution is 2.44. The maximum Gasteiger partial charge on any atom is 0.344 e. The number of fused-ring (bicyclic) bond motifs is 4. The first-order chi connectivity index (χ1) is 14.3. The SMILES string of the molecule is Cc1cc2oc(=O)c(C3COc4c3c(=O)oc3cc(C)c(Cl)cc43)c(O)c2cc1Cl. The van der Waals surface area contributed by atoms with Gasteiger partial charge in [-0.1, -0.05) is 23.2 Å². The molecule has 0 bridgehead atoms. The quantitative estimate of drug-likeness (QED) is 0.413. The van der Waals surface area contributed by atoms with Gasteiger partial charge in [0.2, 0.25) is 0 Å². The highest BCUT2D eigenvalue weighted by Gasteiger charge is 2.37. The number of aromatic hydroxyl groups is 1. The second-order valence-corrected chi connectivity index (χ2v) is 8.16. The summed E-state index contributed by atoms with van der Waals surface area (Å²) >= 11 is 12.4. The molecule has 2 aromatic carbocycles. The fourth-order valence-electron chi connectivity index (χ4n) is 3.87. The third kappa shape index (κ3) is 2.64. The van der Waals surface area contributed by atoms with Gasteiger partial charge < -0.3 is 18.7 Å². The Bertz CT molecular complexity index is 1500. The summed E-state index contributed by atoms with van der Waals surface area (Å²) in [6.07, 6.45) is 0. The molecule has 152 valence electrons. The second-order valence-electron chi connectivity index (χ2n) is 7.34. The standard InChI is InChI=1S/C22H14Cl2O6/c1-8-3-15-10(5-13(8)23)19(25)17(21(26)29-15)12-7-28-20-11-6-14(24)9(2)4-16(11)30-22(27)18(12)20/h3-6,12,25H,7H2,1-2H3. The number of hydrogen-bond donors (Lipinski definition) is 1. The van der Waals surface area contributed by atoms with E-state index in [-0.39, 0.29) is 40.2 Å². The first-order valence-corrected chi connectivity index (χ1v) is 9.87. The monoisotopic (exact) mass is 444 g/mol. The molecule has 0 saturated carbocycles. The fourth-order valence-corrected chi connectivity index (χ4v) is 4.20. The Morgan fingerprint density at radius 1 is 0.867 bits per heavy atom. The molecule has 4 aromatic rings. The molecular formula is C22H14Cl2O6. The summed E-state index contributed by atoms with van der Waals surface area (Å²) in [5, 5.41) is 12.6.